The number of oxazole rings is 1. The lowest BCUT2D eigenvalue weighted by atomic mass is 9.67. The molecule has 0 radical (unpaired) electrons. The normalized spacial score (nSPS) is 30.3. The summed E-state index contributed by atoms with van der Waals surface area (Å²) in [4.78, 5) is 21.6. The Morgan fingerprint density at radius 3 is 3.00 bits per heavy atom. The van der Waals surface area contributed by atoms with Crippen molar-refractivity contribution in [3.05, 3.63) is 46.1 Å². The molecular weight excluding hydrogens is 456 g/mol. The summed E-state index contributed by atoms with van der Waals surface area (Å²) < 4.78 is 12.5. The number of aliphatic imine (C=N–C) groups is 1. The Labute approximate surface area is 181 Å². The Morgan fingerprint density at radius 2 is 2.28 bits per heavy atom. The first-order chi connectivity index (χ1) is 14.0. The fourth-order valence-electron chi connectivity index (χ4n) is 4.77. The summed E-state index contributed by atoms with van der Waals surface area (Å²) in [5, 5.41) is 3.75. The van der Waals surface area contributed by atoms with Crippen molar-refractivity contribution in [1.82, 2.24) is 10.3 Å². The number of fused-ring (bicyclic) bond motifs is 4. The maximum absolute atomic E-state index is 12.6. The van der Waals surface area contributed by atoms with E-state index in [9.17, 15) is 4.79 Å². The molecule has 2 unspecified atom stereocenters. The van der Waals surface area contributed by atoms with Crippen LogP contribution >= 0.6 is 27.7 Å². The fourth-order valence-corrected chi connectivity index (χ4v) is 6.16. The predicted molar refractivity (Wildman–Crippen MR) is 114 cm³/mol. The van der Waals surface area contributed by atoms with E-state index in [1.54, 1.807) is 18.7 Å². The highest BCUT2D eigenvalue weighted by Crippen LogP contribution is 2.54. The van der Waals surface area contributed by atoms with Crippen molar-refractivity contribution in [3.8, 4) is 5.75 Å². The number of ether oxygens (including phenoxy) is 1. The Hall–Kier alpha value is -2.00. The number of carbonyl (C=O) groups excluding carboxylic acids is 1. The lowest BCUT2D eigenvalue weighted by molar-refractivity contribution is 0.0155. The molecule has 2 aliphatic heterocycles. The van der Waals surface area contributed by atoms with Gasteiger partial charge in [-0.05, 0) is 44.4 Å². The van der Waals surface area contributed by atoms with E-state index in [1.807, 2.05) is 12.1 Å². The molecule has 3 N–H and O–H groups in total. The number of aryl methyl sites for hydroxylation is 1. The Bertz CT molecular complexity index is 1010. The maximum Gasteiger partial charge on any atom is 0.273 e. The quantitative estimate of drug-likeness (QED) is 0.688. The third-order valence-electron chi connectivity index (χ3n) is 6.13. The Kier molecular flexibility index (Phi) is 4.62. The van der Waals surface area contributed by atoms with E-state index >= 15 is 0 Å². The summed E-state index contributed by atoms with van der Waals surface area (Å²) in [5.41, 5.74) is 7.11. The van der Waals surface area contributed by atoms with Crippen LogP contribution in [0.1, 0.15) is 41.1 Å². The van der Waals surface area contributed by atoms with Crippen LogP contribution in [0.25, 0.3) is 0 Å². The van der Waals surface area contributed by atoms with Gasteiger partial charge in [-0.1, -0.05) is 27.7 Å². The SMILES string of the molecule is Cc1ocnc1C(=O)NC1CC[C@@H]2Oc3ccc(Br)cc3C3(CSC(N)=N3)[C@H]2C1. The van der Waals surface area contributed by atoms with Crippen LogP contribution in [-0.2, 0) is 5.54 Å². The molecule has 0 bridgehead atoms. The largest absolute Gasteiger partial charge is 0.490 e. The average molecular weight is 477 g/mol. The van der Waals surface area contributed by atoms with Gasteiger partial charge in [0.25, 0.3) is 5.91 Å². The zero-order valence-electron chi connectivity index (χ0n) is 15.9. The highest BCUT2D eigenvalue weighted by atomic mass is 79.9. The standard InChI is InChI=1S/C20H21BrN4O3S/c1-10-17(23-9-27-10)18(26)24-12-3-5-16-14(7-12)20(8-29-19(22)25-20)13-6-11(21)2-4-15(13)28-16/h2,4,6,9,12,14,16H,3,5,7-8H2,1H3,(H2,22,25)(H,24,26)/t12?,14-,16-,20?/m0/s1. The average Bonchev–Trinajstić information content (AvgIpc) is 3.30. The van der Waals surface area contributed by atoms with E-state index in [1.165, 1.54) is 6.39 Å². The number of nitrogens with two attached hydrogens (primary N) is 1. The molecule has 3 heterocycles. The van der Waals surface area contributed by atoms with Crippen molar-refractivity contribution < 1.29 is 13.9 Å². The zero-order chi connectivity index (χ0) is 20.2. The van der Waals surface area contributed by atoms with Gasteiger partial charge < -0.3 is 20.2 Å². The summed E-state index contributed by atoms with van der Waals surface area (Å²) in [7, 11) is 0. The Morgan fingerprint density at radius 1 is 1.41 bits per heavy atom. The molecule has 9 heteroatoms. The molecule has 1 aliphatic carbocycles. The van der Waals surface area contributed by atoms with Crippen molar-refractivity contribution in [2.24, 2.45) is 16.6 Å². The third-order valence-corrected chi connectivity index (χ3v) is 7.60. The molecule has 29 heavy (non-hydrogen) atoms. The number of amidine groups is 1. The molecule has 4 atom stereocenters. The lowest BCUT2D eigenvalue weighted by Crippen LogP contribution is -2.54. The number of amides is 1. The van der Waals surface area contributed by atoms with Crippen molar-refractivity contribution >= 4 is 38.8 Å². The van der Waals surface area contributed by atoms with E-state index < -0.39 is 5.54 Å². The first-order valence-corrected chi connectivity index (χ1v) is 11.4. The van der Waals surface area contributed by atoms with Crippen molar-refractivity contribution in [1.29, 1.82) is 0 Å². The van der Waals surface area contributed by atoms with Crippen LogP contribution in [0.5, 0.6) is 5.75 Å². The highest BCUT2D eigenvalue weighted by molar-refractivity contribution is 9.10. The van der Waals surface area contributed by atoms with E-state index in [-0.39, 0.29) is 24.0 Å². The van der Waals surface area contributed by atoms with Crippen molar-refractivity contribution in [2.45, 2.75) is 43.9 Å². The number of benzene rings is 1. The number of thioether (sulfide) groups is 1. The van der Waals surface area contributed by atoms with Crippen LogP contribution in [-0.4, -0.2) is 34.0 Å². The summed E-state index contributed by atoms with van der Waals surface area (Å²) in [6.45, 7) is 1.74. The van der Waals surface area contributed by atoms with Crippen LogP contribution in [0, 0.1) is 12.8 Å². The first-order valence-electron chi connectivity index (χ1n) is 9.62. The van der Waals surface area contributed by atoms with Gasteiger partial charge in [0.2, 0.25) is 0 Å². The molecular formula is C20H21BrN4O3S. The smallest absolute Gasteiger partial charge is 0.273 e. The van der Waals surface area contributed by atoms with Gasteiger partial charge in [0.1, 0.15) is 23.2 Å². The molecule has 1 spiro atoms. The van der Waals surface area contributed by atoms with Crippen molar-refractivity contribution in [3.63, 3.8) is 0 Å². The van der Waals surface area contributed by atoms with E-state index in [0.717, 1.165) is 40.8 Å². The monoisotopic (exact) mass is 476 g/mol. The van der Waals surface area contributed by atoms with Gasteiger partial charge in [0, 0.05) is 27.7 Å². The van der Waals surface area contributed by atoms with Gasteiger partial charge in [0.05, 0.1) is 0 Å². The van der Waals surface area contributed by atoms with Gasteiger partial charge in [0.15, 0.2) is 17.3 Å². The molecule has 1 saturated carbocycles. The van der Waals surface area contributed by atoms with Crippen LogP contribution < -0.4 is 15.8 Å². The van der Waals surface area contributed by atoms with Crippen LogP contribution in [0.3, 0.4) is 0 Å². The minimum atomic E-state index is -0.427. The van der Waals surface area contributed by atoms with E-state index in [2.05, 4.69) is 32.3 Å². The number of nitrogens with zero attached hydrogens (tertiary/aromatic N) is 2. The molecule has 1 aromatic heterocycles. The molecule has 0 saturated heterocycles. The summed E-state index contributed by atoms with van der Waals surface area (Å²) >= 11 is 5.17. The number of hydrogen-bond donors (Lipinski definition) is 2. The van der Waals surface area contributed by atoms with Gasteiger partial charge in [-0.25, -0.2) is 9.98 Å². The topological polar surface area (TPSA) is 103 Å². The molecule has 1 aromatic carbocycles. The van der Waals surface area contributed by atoms with E-state index in [4.69, 9.17) is 19.9 Å². The van der Waals surface area contributed by atoms with Crippen LogP contribution in [0.2, 0.25) is 0 Å². The van der Waals surface area contributed by atoms with Crippen molar-refractivity contribution in [2.75, 3.05) is 5.75 Å². The molecule has 5 rings (SSSR count). The number of carbonyl (C=O) groups is 1. The zero-order valence-corrected chi connectivity index (χ0v) is 18.3. The maximum atomic E-state index is 12.6. The lowest BCUT2D eigenvalue weighted by Gasteiger charge is -2.48. The first kappa shape index (κ1) is 19.0. The number of nitrogens with one attached hydrogen (secondary N) is 1. The summed E-state index contributed by atoms with van der Waals surface area (Å²) in [6.07, 6.45) is 3.83. The molecule has 152 valence electrons. The number of halogens is 1. The number of aromatic nitrogens is 1. The molecule has 7 nitrogen and oxygen atoms in total. The fraction of sp³-hybridized carbons (Fsp3) is 0.450. The molecule has 2 aromatic rings. The van der Waals surface area contributed by atoms with Gasteiger partial charge in [-0.2, -0.15) is 0 Å². The minimum absolute atomic E-state index is 0.0241. The van der Waals surface area contributed by atoms with Gasteiger partial charge >= 0.3 is 0 Å². The van der Waals surface area contributed by atoms with Crippen LogP contribution in [0.15, 0.2) is 38.5 Å². The second kappa shape index (κ2) is 7.05. The number of hydrogen-bond acceptors (Lipinski definition) is 7. The predicted octanol–water partition coefficient (Wildman–Crippen LogP) is 3.36. The second-order valence-electron chi connectivity index (χ2n) is 7.81. The highest BCUT2D eigenvalue weighted by Gasteiger charge is 2.54. The minimum Gasteiger partial charge on any atom is -0.490 e. The van der Waals surface area contributed by atoms with E-state index in [0.29, 0.717) is 16.6 Å². The van der Waals surface area contributed by atoms with Gasteiger partial charge in [-0.3, -0.25) is 4.79 Å². The van der Waals surface area contributed by atoms with Crippen LogP contribution in [0.4, 0.5) is 0 Å². The second-order valence-corrected chi connectivity index (χ2v) is 9.72. The summed E-state index contributed by atoms with van der Waals surface area (Å²) in [6, 6.07) is 6.12. The summed E-state index contributed by atoms with van der Waals surface area (Å²) in [5.74, 6) is 2.13. The molecule has 3 aliphatic rings. The third kappa shape index (κ3) is 3.15. The molecule has 1 fully saturated rings. The van der Waals surface area contributed by atoms with Gasteiger partial charge in [-0.15, -0.1) is 0 Å². The Balaban J connectivity index is 1.45. The number of rotatable bonds is 2. The molecule has 1 amide bonds.